The summed E-state index contributed by atoms with van der Waals surface area (Å²) in [6, 6.07) is -0.131. The molecule has 1 atom stereocenters. The summed E-state index contributed by atoms with van der Waals surface area (Å²) in [6.07, 6.45) is 0. The molecule has 0 heterocycles. The van der Waals surface area contributed by atoms with Crippen LogP contribution in [0.25, 0.3) is 0 Å². The number of rotatable bonds is 4. The number of amides is 1. The molecule has 1 aromatic carbocycles. The Kier molecular flexibility index (Phi) is 4.95. The second-order valence-corrected chi connectivity index (χ2v) is 4.46. The quantitative estimate of drug-likeness (QED) is 0.340. The molecule has 0 aliphatic rings. The van der Waals surface area contributed by atoms with Crippen molar-refractivity contribution in [1.29, 1.82) is 0 Å². The summed E-state index contributed by atoms with van der Waals surface area (Å²) in [5.74, 6) is -5.51. The minimum Gasteiger partial charge on any atom is -0.409 e. The van der Waals surface area contributed by atoms with Gasteiger partial charge in [-0.1, -0.05) is 19.0 Å². The average molecular weight is 289 g/mol. The lowest BCUT2D eigenvalue weighted by Gasteiger charge is -2.21. The van der Waals surface area contributed by atoms with Gasteiger partial charge >= 0.3 is 0 Å². The van der Waals surface area contributed by atoms with Crippen LogP contribution in [0.4, 0.5) is 13.2 Å². The van der Waals surface area contributed by atoms with Gasteiger partial charge in [0.15, 0.2) is 5.84 Å². The zero-order chi connectivity index (χ0) is 15.4. The molecular weight excluding hydrogens is 275 g/mol. The molecule has 5 nitrogen and oxygen atoms in total. The van der Waals surface area contributed by atoms with Crippen molar-refractivity contribution in [2.45, 2.75) is 19.9 Å². The molecule has 0 bridgehead atoms. The number of carbonyl (C=O) groups is 1. The molecule has 0 aliphatic heterocycles. The molecule has 0 spiro atoms. The Bertz CT molecular complexity index is 524. The Hall–Kier alpha value is -2.25. The highest BCUT2D eigenvalue weighted by molar-refractivity contribution is 5.98. The molecule has 1 rings (SSSR count). The number of nitrogens with two attached hydrogens (primary N) is 1. The Morgan fingerprint density at radius 2 is 1.80 bits per heavy atom. The number of benzene rings is 1. The van der Waals surface area contributed by atoms with E-state index < -0.39 is 35.0 Å². The first kappa shape index (κ1) is 15.8. The highest BCUT2D eigenvalue weighted by Gasteiger charge is 2.25. The molecular formula is C12H14F3N3O2. The van der Waals surface area contributed by atoms with E-state index in [9.17, 15) is 18.0 Å². The lowest BCUT2D eigenvalue weighted by molar-refractivity contribution is 0.0930. The van der Waals surface area contributed by atoms with Gasteiger partial charge in [-0.2, -0.15) is 0 Å². The zero-order valence-corrected chi connectivity index (χ0v) is 10.8. The van der Waals surface area contributed by atoms with Crippen LogP contribution >= 0.6 is 0 Å². The maximum Gasteiger partial charge on any atom is 0.257 e. The summed E-state index contributed by atoms with van der Waals surface area (Å²) in [5, 5.41) is 13.6. The van der Waals surface area contributed by atoms with E-state index >= 15 is 0 Å². The smallest absolute Gasteiger partial charge is 0.257 e. The van der Waals surface area contributed by atoms with Crippen molar-refractivity contribution < 1.29 is 23.2 Å². The Labute approximate surface area is 113 Å². The molecule has 0 saturated carbocycles. The number of oxime groups is 1. The number of carbonyl (C=O) groups excluding carboxylic acids is 1. The van der Waals surface area contributed by atoms with Gasteiger partial charge in [-0.15, -0.1) is 0 Å². The van der Waals surface area contributed by atoms with Crippen LogP contribution in [-0.4, -0.2) is 23.0 Å². The second-order valence-electron chi connectivity index (χ2n) is 4.46. The van der Waals surface area contributed by atoms with Crippen LogP contribution in [0.5, 0.6) is 0 Å². The van der Waals surface area contributed by atoms with Gasteiger partial charge in [0, 0.05) is 12.1 Å². The minimum absolute atomic E-state index is 0.290. The summed E-state index contributed by atoms with van der Waals surface area (Å²) in [5.41, 5.74) is 4.45. The molecule has 1 amide bonds. The molecule has 0 radical (unpaired) electrons. The summed E-state index contributed by atoms with van der Waals surface area (Å²) in [7, 11) is 0. The number of amidine groups is 1. The fourth-order valence-corrected chi connectivity index (χ4v) is 1.62. The lowest BCUT2D eigenvalue weighted by atomic mass is 10.0. The van der Waals surface area contributed by atoms with Gasteiger partial charge in [-0.25, -0.2) is 13.2 Å². The first-order valence-electron chi connectivity index (χ1n) is 5.70. The third-order valence-corrected chi connectivity index (χ3v) is 2.62. The zero-order valence-electron chi connectivity index (χ0n) is 10.8. The number of hydrogen-bond acceptors (Lipinski definition) is 3. The highest BCUT2D eigenvalue weighted by atomic mass is 19.1. The molecule has 20 heavy (non-hydrogen) atoms. The molecule has 1 unspecified atom stereocenters. The molecule has 0 aliphatic carbocycles. The molecule has 1 aromatic rings. The van der Waals surface area contributed by atoms with E-state index in [4.69, 9.17) is 10.9 Å². The van der Waals surface area contributed by atoms with Gasteiger partial charge in [-0.3, -0.25) is 4.79 Å². The number of nitrogens with one attached hydrogen (secondary N) is 1. The Morgan fingerprint density at radius 3 is 2.20 bits per heavy atom. The Morgan fingerprint density at radius 1 is 1.30 bits per heavy atom. The number of nitrogens with zero attached hydrogens (tertiary/aromatic N) is 1. The van der Waals surface area contributed by atoms with Crippen LogP contribution in [0.1, 0.15) is 24.2 Å². The van der Waals surface area contributed by atoms with Crippen LogP contribution in [-0.2, 0) is 0 Å². The topological polar surface area (TPSA) is 87.7 Å². The SMILES string of the molecule is CC(C)C(NC(=O)c1c(F)cc(F)cc1F)C(N)=NO. The van der Waals surface area contributed by atoms with Gasteiger partial charge in [0.05, 0.1) is 6.04 Å². The number of hydrogen-bond donors (Lipinski definition) is 3. The van der Waals surface area contributed by atoms with Crippen molar-refractivity contribution in [2.24, 2.45) is 16.8 Å². The molecule has 0 aromatic heterocycles. The lowest BCUT2D eigenvalue weighted by Crippen LogP contribution is -2.48. The maximum atomic E-state index is 13.4. The summed E-state index contributed by atoms with van der Waals surface area (Å²) in [6.45, 7) is 3.31. The van der Waals surface area contributed by atoms with Crippen molar-refractivity contribution in [1.82, 2.24) is 5.32 Å². The van der Waals surface area contributed by atoms with E-state index in [-0.39, 0.29) is 11.8 Å². The van der Waals surface area contributed by atoms with Gasteiger partial charge in [0.25, 0.3) is 5.91 Å². The van der Waals surface area contributed by atoms with Crippen LogP contribution in [0.2, 0.25) is 0 Å². The van der Waals surface area contributed by atoms with E-state index in [2.05, 4.69) is 10.5 Å². The summed E-state index contributed by atoms with van der Waals surface area (Å²) in [4.78, 5) is 11.8. The normalized spacial score (nSPS) is 13.4. The summed E-state index contributed by atoms with van der Waals surface area (Å²) >= 11 is 0. The van der Waals surface area contributed by atoms with Crippen molar-refractivity contribution in [3.8, 4) is 0 Å². The fourth-order valence-electron chi connectivity index (χ4n) is 1.62. The minimum atomic E-state index is -1.33. The molecule has 4 N–H and O–H groups in total. The molecule has 0 fully saturated rings. The standard InChI is InChI=1S/C12H14F3N3O2/c1-5(2)10(11(16)18-20)17-12(19)9-7(14)3-6(13)4-8(9)15/h3-5,10,20H,1-2H3,(H2,16,18)(H,17,19). The van der Waals surface area contributed by atoms with Crippen molar-refractivity contribution in [3.63, 3.8) is 0 Å². The van der Waals surface area contributed by atoms with E-state index in [0.29, 0.717) is 12.1 Å². The fraction of sp³-hybridized carbons (Fsp3) is 0.333. The first-order valence-corrected chi connectivity index (χ1v) is 5.70. The maximum absolute atomic E-state index is 13.4. The largest absolute Gasteiger partial charge is 0.409 e. The monoisotopic (exact) mass is 289 g/mol. The van der Waals surface area contributed by atoms with Crippen LogP contribution in [0.3, 0.4) is 0 Å². The van der Waals surface area contributed by atoms with Gasteiger partial charge < -0.3 is 16.3 Å². The third-order valence-electron chi connectivity index (χ3n) is 2.62. The van der Waals surface area contributed by atoms with Crippen molar-refractivity contribution >= 4 is 11.7 Å². The van der Waals surface area contributed by atoms with E-state index in [1.54, 1.807) is 13.8 Å². The average Bonchev–Trinajstić information content (AvgIpc) is 2.33. The molecule has 0 saturated heterocycles. The summed E-state index contributed by atoms with van der Waals surface area (Å²) < 4.78 is 39.7. The Balaban J connectivity index is 3.07. The van der Waals surface area contributed by atoms with Crippen molar-refractivity contribution in [2.75, 3.05) is 0 Å². The van der Waals surface area contributed by atoms with Crippen molar-refractivity contribution in [3.05, 3.63) is 35.1 Å². The highest BCUT2D eigenvalue weighted by Crippen LogP contribution is 2.15. The van der Waals surface area contributed by atoms with Crippen LogP contribution in [0, 0.1) is 23.4 Å². The van der Waals surface area contributed by atoms with Gasteiger partial charge in [0.2, 0.25) is 0 Å². The number of halogens is 3. The van der Waals surface area contributed by atoms with Gasteiger partial charge in [-0.05, 0) is 5.92 Å². The third kappa shape index (κ3) is 3.40. The first-order chi connectivity index (χ1) is 9.27. The van der Waals surface area contributed by atoms with E-state index in [1.165, 1.54) is 0 Å². The van der Waals surface area contributed by atoms with Gasteiger partial charge in [0.1, 0.15) is 23.0 Å². The van der Waals surface area contributed by atoms with E-state index in [0.717, 1.165) is 0 Å². The predicted molar refractivity (Wildman–Crippen MR) is 65.8 cm³/mol. The molecule has 8 heteroatoms. The van der Waals surface area contributed by atoms with Crippen LogP contribution in [0.15, 0.2) is 17.3 Å². The van der Waals surface area contributed by atoms with Crippen LogP contribution < -0.4 is 11.1 Å². The second kappa shape index (κ2) is 6.27. The molecule has 110 valence electrons. The van der Waals surface area contributed by atoms with E-state index in [1.807, 2.05) is 0 Å². The predicted octanol–water partition coefficient (Wildman–Crippen LogP) is 1.60.